The SMILES string of the molecule is CN(C)C1CCCN(C(=O)c2ccc(N)nc2)C1. The minimum atomic E-state index is 0.0500. The molecule has 98 valence electrons. The van der Waals surface area contributed by atoms with E-state index in [-0.39, 0.29) is 5.91 Å². The predicted molar refractivity (Wildman–Crippen MR) is 71.3 cm³/mol. The van der Waals surface area contributed by atoms with E-state index in [0.717, 1.165) is 25.9 Å². The molecule has 0 aromatic carbocycles. The van der Waals surface area contributed by atoms with Gasteiger partial charge in [-0.25, -0.2) is 4.98 Å². The van der Waals surface area contributed by atoms with Crippen molar-refractivity contribution in [1.82, 2.24) is 14.8 Å². The van der Waals surface area contributed by atoms with Crippen LogP contribution in [-0.2, 0) is 0 Å². The summed E-state index contributed by atoms with van der Waals surface area (Å²) in [5, 5.41) is 0. The second-order valence-electron chi connectivity index (χ2n) is 4.98. The zero-order valence-electron chi connectivity index (χ0n) is 11.0. The summed E-state index contributed by atoms with van der Waals surface area (Å²) in [6, 6.07) is 3.86. The van der Waals surface area contributed by atoms with E-state index < -0.39 is 0 Å². The maximum absolute atomic E-state index is 12.3. The number of piperidine rings is 1. The highest BCUT2D eigenvalue weighted by atomic mass is 16.2. The van der Waals surface area contributed by atoms with E-state index in [9.17, 15) is 4.79 Å². The maximum Gasteiger partial charge on any atom is 0.255 e. The van der Waals surface area contributed by atoms with Gasteiger partial charge in [0.25, 0.3) is 5.91 Å². The van der Waals surface area contributed by atoms with Gasteiger partial charge in [0.15, 0.2) is 0 Å². The van der Waals surface area contributed by atoms with E-state index in [0.29, 0.717) is 17.4 Å². The molecule has 1 aliphatic rings. The lowest BCUT2D eigenvalue weighted by molar-refractivity contribution is 0.0635. The van der Waals surface area contributed by atoms with E-state index in [1.165, 1.54) is 0 Å². The van der Waals surface area contributed by atoms with Crippen LogP contribution < -0.4 is 5.73 Å². The molecule has 2 heterocycles. The van der Waals surface area contributed by atoms with Crippen LogP contribution in [0.3, 0.4) is 0 Å². The number of hydrogen-bond acceptors (Lipinski definition) is 4. The number of pyridine rings is 1. The molecule has 1 amide bonds. The maximum atomic E-state index is 12.3. The quantitative estimate of drug-likeness (QED) is 0.842. The van der Waals surface area contributed by atoms with E-state index in [2.05, 4.69) is 24.0 Å². The highest BCUT2D eigenvalue weighted by Gasteiger charge is 2.25. The molecule has 1 fully saturated rings. The van der Waals surface area contributed by atoms with Gasteiger partial charge in [0, 0.05) is 25.3 Å². The monoisotopic (exact) mass is 248 g/mol. The summed E-state index contributed by atoms with van der Waals surface area (Å²) in [7, 11) is 4.12. The number of likely N-dealkylation sites (N-methyl/N-ethyl adjacent to an activating group) is 1. The van der Waals surface area contributed by atoms with E-state index in [4.69, 9.17) is 5.73 Å². The number of carbonyl (C=O) groups excluding carboxylic acids is 1. The van der Waals surface area contributed by atoms with E-state index in [1.807, 2.05) is 4.90 Å². The summed E-state index contributed by atoms with van der Waals surface area (Å²) in [4.78, 5) is 20.4. The number of nitrogens with two attached hydrogens (primary N) is 1. The lowest BCUT2D eigenvalue weighted by Crippen LogP contribution is -2.47. The number of nitrogen functional groups attached to an aromatic ring is 1. The highest BCUT2D eigenvalue weighted by molar-refractivity contribution is 5.94. The van der Waals surface area contributed by atoms with E-state index >= 15 is 0 Å². The first-order valence-corrected chi connectivity index (χ1v) is 6.25. The third-order valence-corrected chi connectivity index (χ3v) is 3.45. The Morgan fingerprint density at radius 1 is 1.50 bits per heavy atom. The average Bonchev–Trinajstić information content (AvgIpc) is 2.39. The fourth-order valence-corrected chi connectivity index (χ4v) is 2.28. The van der Waals surface area contributed by atoms with Crippen LogP contribution >= 0.6 is 0 Å². The molecule has 2 N–H and O–H groups in total. The first kappa shape index (κ1) is 12.8. The van der Waals surface area contributed by atoms with Crippen molar-refractivity contribution in [3.8, 4) is 0 Å². The van der Waals surface area contributed by atoms with Gasteiger partial charge < -0.3 is 15.5 Å². The molecule has 0 radical (unpaired) electrons. The summed E-state index contributed by atoms with van der Waals surface area (Å²) in [6.45, 7) is 1.61. The molecule has 5 nitrogen and oxygen atoms in total. The molecule has 0 bridgehead atoms. The van der Waals surface area contributed by atoms with E-state index in [1.54, 1.807) is 18.3 Å². The Bertz CT molecular complexity index is 416. The number of rotatable bonds is 2. The molecular weight excluding hydrogens is 228 g/mol. The Kier molecular flexibility index (Phi) is 3.81. The topological polar surface area (TPSA) is 62.5 Å². The first-order valence-electron chi connectivity index (χ1n) is 6.25. The third kappa shape index (κ3) is 2.79. The molecule has 18 heavy (non-hydrogen) atoms. The largest absolute Gasteiger partial charge is 0.384 e. The number of carbonyl (C=O) groups is 1. The molecule has 0 aliphatic carbocycles. The Labute approximate surface area is 108 Å². The van der Waals surface area contributed by atoms with Gasteiger partial charge in [-0.3, -0.25) is 4.79 Å². The molecule has 2 rings (SSSR count). The summed E-state index contributed by atoms with van der Waals surface area (Å²) in [6.07, 6.45) is 3.75. The molecule has 1 aromatic rings. The van der Waals surface area contributed by atoms with Gasteiger partial charge in [-0.1, -0.05) is 0 Å². The van der Waals surface area contributed by atoms with Crippen LogP contribution in [0.1, 0.15) is 23.2 Å². The van der Waals surface area contributed by atoms with Crippen LogP contribution in [0.5, 0.6) is 0 Å². The number of amides is 1. The molecule has 1 aliphatic heterocycles. The van der Waals surface area contributed by atoms with Gasteiger partial charge in [0.1, 0.15) is 5.82 Å². The standard InChI is InChI=1S/C13H20N4O/c1-16(2)11-4-3-7-17(9-11)13(18)10-5-6-12(14)15-8-10/h5-6,8,11H,3-4,7,9H2,1-2H3,(H2,14,15). The van der Waals surface area contributed by atoms with Gasteiger partial charge in [-0.15, -0.1) is 0 Å². The van der Waals surface area contributed by atoms with Crippen molar-refractivity contribution in [2.45, 2.75) is 18.9 Å². The van der Waals surface area contributed by atoms with Gasteiger partial charge in [0.05, 0.1) is 5.56 Å². The van der Waals surface area contributed by atoms with Crippen LogP contribution in [0, 0.1) is 0 Å². The number of likely N-dealkylation sites (tertiary alicyclic amines) is 1. The van der Waals surface area contributed by atoms with Crippen LogP contribution in [0.25, 0.3) is 0 Å². The second kappa shape index (κ2) is 5.35. The summed E-state index contributed by atoms with van der Waals surface area (Å²) in [5.74, 6) is 0.491. The Hall–Kier alpha value is -1.62. The molecule has 5 heteroatoms. The van der Waals surface area contributed by atoms with Crippen molar-refractivity contribution in [3.63, 3.8) is 0 Å². The molecular formula is C13H20N4O. The molecule has 1 atom stereocenters. The predicted octanol–water partition coefficient (Wildman–Crippen LogP) is 0.830. The molecule has 1 aromatic heterocycles. The fourth-order valence-electron chi connectivity index (χ4n) is 2.28. The van der Waals surface area contributed by atoms with Gasteiger partial charge in [-0.05, 0) is 39.1 Å². The lowest BCUT2D eigenvalue weighted by atomic mass is 10.0. The normalized spacial score (nSPS) is 20.2. The van der Waals surface area contributed by atoms with Crippen LogP contribution in [0.2, 0.25) is 0 Å². The van der Waals surface area contributed by atoms with Crippen molar-refractivity contribution in [1.29, 1.82) is 0 Å². The van der Waals surface area contributed by atoms with Gasteiger partial charge >= 0.3 is 0 Å². The van der Waals surface area contributed by atoms with Crippen molar-refractivity contribution < 1.29 is 4.79 Å². The first-order chi connectivity index (χ1) is 8.58. The minimum Gasteiger partial charge on any atom is -0.384 e. The zero-order chi connectivity index (χ0) is 13.1. The van der Waals surface area contributed by atoms with Crippen molar-refractivity contribution in [2.75, 3.05) is 32.9 Å². The van der Waals surface area contributed by atoms with Gasteiger partial charge in [-0.2, -0.15) is 0 Å². The van der Waals surface area contributed by atoms with Crippen molar-refractivity contribution in [2.24, 2.45) is 0 Å². The number of hydrogen-bond donors (Lipinski definition) is 1. The Balaban J connectivity index is 2.06. The molecule has 0 saturated carbocycles. The zero-order valence-corrected chi connectivity index (χ0v) is 11.0. The minimum absolute atomic E-state index is 0.0500. The molecule has 1 unspecified atom stereocenters. The number of nitrogens with zero attached hydrogens (tertiary/aromatic N) is 3. The number of anilines is 1. The van der Waals surface area contributed by atoms with Gasteiger partial charge in [0.2, 0.25) is 0 Å². The highest BCUT2D eigenvalue weighted by Crippen LogP contribution is 2.16. The average molecular weight is 248 g/mol. The summed E-state index contributed by atoms with van der Waals surface area (Å²) < 4.78 is 0. The van der Waals surface area contributed by atoms with Crippen LogP contribution in [-0.4, -0.2) is 53.9 Å². The smallest absolute Gasteiger partial charge is 0.255 e. The third-order valence-electron chi connectivity index (χ3n) is 3.45. The summed E-state index contributed by atoms with van der Waals surface area (Å²) in [5.41, 5.74) is 6.14. The number of aromatic nitrogens is 1. The Morgan fingerprint density at radius 2 is 2.28 bits per heavy atom. The fraction of sp³-hybridized carbons (Fsp3) is 0.538. The van der Waals surface area contributed by atoms with Crippen LogP contribution in [0.15, 0.2) is 18.3 Å². The van der Waals surface area contributed by atoms with Crippen LogP contribution in [0.4, 0.5) is 5.82 Å². The van der Waals surface area contributed by atoms with Crippen molar-refractivity contribution in [3.05, 3.63) is 23.9 Å². The second-order valence-corrected chi connectivity index (χ2v) is 4.98. The van der Waals surface area contributed by atoms with Crippen molar-refractivity contribution >= 4 is 11.7 Å². The summed E-state index contributed by atoms with van der Waals surface area (Å²) >= 11 is 0. The Morgan fingerprint density at radius 3 is 2.89 bits per heavy atom. The molecule has 1 saturated heterocycles. The molecule has 0 spiro atoms. The lowest BCUT2D eigenvalue weighted by Gasteiger charge is -2.36.